The van der Waals surface area contributed by atoms with Crippen molar-refractivity contribution in [3.63, 3.8) is 0 Å². The second-order valence-electron chi connectivity index (χ2n) is 13.0. The lowest BCUT2D eigenvalue weighted by molar-refractivity contribution is 0.0978. The molecule has 0 atom stereocenters. The number of nitrogens with one attached hydrogen (secondary N) is 2. The van der Waals surface area contributed by atoms with Crippen LogP contribution < -0.4 is 20.4 Å². The van der Waals surface area contributed by atoms with Gasteiger partial charge in [0.2, 0.25) is 5.95 Å². The van der Waals surface area contributed by atoms with Crippen LogP contribution in [0.3, 0.4) is 0 Å². The largest absolute Gasteiger partial charge is 0.369 e. The number of carbonyl (C=O) groups excluding carboxylic acids is 2. The molecule has 45 heavy (non-hydrogen) atoms. The summed E-state index contributed by atoms with van der Waals surface area (Å²) < 4.78 is 0. The lowest BCUT2D eigenvalue weighted by Gasteiger charge is -2.34. The smallest absolute Gasteiger partial charge is 0.261 e. The van der Waals surface area contributed by atoms with Crippen molar-refractivity contribution in [1.82, 2.24) is 14.9 Å². The van der Waals surface area contributed by atoms with E-state index < -0.39 is 0 Å². The van der Waals surface area contributed by atoms with Gasteiger partial charge in [-0.25, -0.2) is 9.97 Å². The van der Waals surface area contributed by atoms with Crippen LogP contribution >= 0.6 is 0 Å². The first kappa shape index (κ1) is 30.3. The third-order valence-electron chi connectivity index (χ3n) is 8.64. The average Bonchev–Trinajstić information content (AvgIpc) is 3.03. The van der Waals surface area contributed by atoms with Crippen LogP contribution in [0.15, 0.2) is 72.9 Å². The fourth-order valence-electron chi connectivity index (χ4n) is 6.00. The summed E-state index contributed by atoms with van der Waals surface area (Å²) in [5.41, 5.74) is 7.11. The fourth-order valence-corrected chi connectivity index (χ4v) is 6.00. The van der Waals surface area contributed by atoms with E-state index in [0.717, 1.165) is 54.4 Å². The van der Waals surface area contributed by atoms with Crippen LogP contribution in [0.5, 0.6) is 0 Å². The summed E-state index contributed by atoms with van der Waals surface area (Å²) in [5.74, 6) is 0.149. The molecule has 2 aliphatic rings. The van der Waals surface area contributed by atoms with Crippen LogP contribution in [0.1, 0.15) is 58.3 Å². The summed E-state index contributed by atoms with van der Waals surface area (Å²) >= 11 is 0. The van der Waals surface area contributed by atoms with Gasteiger partial charge in [-0.15, -0.1) is 0 Å². The summed E-state index contributed by atoms with van der Waals surface area (Å²) in [6.45, 7) is 12.9. The Labute approximate surface area is 265 Å². The molecule has 0 saturated carbocycles. The molecule has 4 aromatic rings. The summed E-state index contributed by atoms with van der Waals surface area (Å²) in [6, 6.07) is 21.7. The SMILES string of the molecule is Cc1ccc(NC(=O)c2ccccc2C(C)(C)C)cc1N1CCc2nc(Nc3ccc(N4CCN(C)CC4)cc3)ncc2C1=O. The molecule has 2 aliphatic heterocycles. The van der Waals surface area contributed by atoms with Gasteiger partial charge in [0.1, 0.15) is 0 Å². The van der Waals surface area contributed by atoms with Gasteiger partial charge in [-0.1, -0.05) is 45.0 Å². The Morgan fingerprint density at radius 3 is 2.33 bits per heavy atom. The van der Waals surface area contributed by atoms with Crippen LogP contribution in [0.25, 0.3) is 0 Å². The van der Waals surface area contributed by atoms with E-state index in [0.29, 0.717) is 35.7 Å². The van der Waals surface area contributed by atoms with Crippen LogP contribution in [-0.2, 0) is 11.8 Å². The Morgan fingerprint density at radius 2 is 1.60 bits per heavy atom. The minimum atomic E-state index is -0.174. The monoisotopic (exact) mass is 603 g/mol. The van der Waals surface area contributed by atoms with Gasteiger partial charge in [-0.3, -0.25) is 9.59 Å². The van der Waals surface area contributed by atoms with Gasteiger partial charge in [0, 0.05) is 73.7 Å². The maximum absolute atomic E-state index is 13.7. The third-order valence-corrected chi connectivity index (χ3v) is 8.64. The number of fused-ring (bicyclic) bond motifs is 1. The quantitative estimate of drug-likeness (QED) is 0.278. The summed E-state index contributed by atoms with van der Waals surface area (Å²) in [7, 11) is 2.16. The zero-order chi connectivity index (χ0) is 31.7. The van der Waals surface area contributed by atoms with Crippen molar-refractivity contribution in [3.8, 4) is 0 Å². The van der Waals surface area contributed by atoms with Crippen molar-refractivity contribution in [2.24, 2.45) is 0 Å². The van der Waals surface area contributed by atoms with Crippen molar-refractivity contribution in [1.29, 1.82) is 0 Å². The molecule has 3 aromatic carbocycles. The number of likely N-dealkylation sites (N-methyl/N-ethyl adjacent to an activating group) is 1. The highest BCUT2D eigenvalue weighted by Gasteiger charge is 2.29. The topological polar surface area (TPSA) is 93.7 Å². The standard InChI is InChI=1S/C36H41N7O2/c1-24-10-11-26(38-33(44)28-8-6-7-9-30(28)36(2,3)4)22-32(24)43-17-16-31-29(34(43)45)23-37-35(40-31)39-25-12-14-27(15-13-25)42-20-18-41(5)19-21-42/h6-15,22-23H,16-21H2,1-5H3,(H,38,44)(H,37,39,40). The number of rotatable bonds is 6. The molecule has 0 bridgehead atoms. The van der Waals surface area contributed by atoms with Crippen LogP contribution in [0.4, 0.5) is 28.7 Å². The van der Waals surface area contributed by atoms with Crippen molar-refractivity contribution in [2.45, 2.75) is 39.5 Å². The van der Waals surface area contributed by atoms with Crippen LogP contribution in [0, 0.1) is 6.92 Å². The Hall–Kier alpha value is -4.76. The van der Waals surface area contributed by atoms with Crippen molar-refractivity contribution >= 4 is 40.5 Å². The molecule has 0 unspecified atom stereocenters. The van der Waals surface area contributed by atoms with Gasteiger partial charge in [0.25, 0.3) is 11.8 Å². The minimum Gasteiger partial charge on any atom is -0.369 e. The zero-order valence-electron chi connectivity index (χ0n) is 26.7. The van der Waals surface area contributed by atoms with E-state index in [-0.39, 0.29) is 17.2 Å². The molecule has 2 N–H and O–H groups in total. The van der Waals surface area contributed by atoms with Gasteiger partial charge < -0.3 is 25.3 Å². The summed E-state index contributed by atoms with van der Waals surface area (Å²) in [4.78, 5) is 42.7. The highest BCUT2D eigenvalue weighted by Crippen LogP contribution is 2.31. The summed E-state index contributed by atoms with van der Waals surface area (Å²) in [6.07, 6.45) is 2.21. The molecule has 1 fully saturated rings. The molecular weight excluding hydrogens is 562 g/mol. The number of hydrogen-bond acceptors (Lipinski definition) is 7. The summed E-state index contributed by atoms with van der Waals surface area (Å²) in [5, 5.41) is 6.35. The molecule has 0 radical (unpaired) electrons. The Morgan fingerprint density at radius 1 is 0.889 bits per heavy atom. The predicted molar refractivity (Wildman–Crippen MR) is 181 cm³/mol. The van der Waals surface area contributed by atoms with E-state index in [2.05, 4.69) is 65.4 Å². The van der Waals surface area contributed by atoms with Gasteiger partial charge in [0.05, 0.1) is 11.3 Å². The second kappa shape index (κ2) is 12.3. The van der Waals surface area contributed by atoms with E-state index in [4.69, 9.17) is 4.98 Å². The molecule has 1 saturated heterocycles. The normalized spacial score (nSPS) is 15.5. The number of piperazine rings is 1. The predicted octanol–water partition coefficient (Wildman–Crippen LogP) is 6.03. The third kappa shape index (κ3) is 6.54. The fraction of sp³-hybridized carbons (Fsp3) is 0.333. The Kier molecular flexibility index (Phi) is 8.29. The molecule has 0 spiro atoms. The highest BCUT2D eigenvalue weighted by atomic mass is 16.2. The second-order valence-corrected chi connectivity index (χ2v) is 13.0. The number of aryl methyl sites for hydroxylation is 1. The number of anilines is 5. The van der Waals surface area contributed by atoms with Crippen molar-refractivity contribution in [2.75, 3.05) is 60.2 Å². The van der Waals surface area contributed by atoms with Gasteiger partial charge in [-0.2, -0.15) is 0 Å². The molecular formula is C36H41N7O2. The van der Waals surface area contributed by atoms with E-state index in [1.165, 1.54) is 5.69 Å². The van der Waals surface area contributed by atoms with Crippen LogP contribution in [-0.4, -0.2) is 66.5 Å². The number of nitrogens with zero attached hydrogens (tertiary/aromatic N) is 5. The molecule has 9 heteroatoms. The zero-order valence-corrected chi connectivity index (χ0v) is 26.7. The molecule has 2 amide bonds. The lowest BCUT2D eigenvalue weighted by atomic mass is 9.83. The van der Waals surface area contributed by atoms with E-state index in [1.54, 1.807) is 11.1 Å². The van der Waals surface area contributed by atoms with Gasteiger partial charge >= 0.3 is 0 Å². The first-order valence-electron chi connectivity index (χ1n) is 15.6. The maximum atomic E-state index is 13.7. The average molecular weight is 604 g/mol. The molecule has 6 rings (SSSR count). The van der Waals surface area contributed by atoms with Gasteiger partial charge in [0.15, 0.2) is 0 Å². The number of aromatic nitrogens is 2. The number of carbonyl (C=O) groups is 2. The first-order chi connectivity index (χ1) is 21.6. The van der Waals surface area contributed by atoms with Crippen molar-refractivity contribution in [3.05, 3.63) is 101 Å². The lowest BCUT2D eigenvalue weighted by Crippen LogP contribution is -2.44. The Bertz CT molecular complexity index is 1720. The van der Waals surface area contributed by atoms with E-state index in [9.17, 15) is 9.59 Å². The molecule has 3 heterocycles. The highest BCUT2D eigenvalue weighted by molar-refractivity contribution is 6.09. The van der Waals surface area contributed by atoms with E-state index >= 15 is 0 Å². The van der Waals surface area contributed by atoms with Crippen molar-refractivity contribution < 1.29 is 9.59 Å². The molecule has 232 valence electrons. The maximum Gasteiger partial charge on any atom is 0.261 e. The minimum absolute atomic E-state index is 0.149. The molecule has 1 aromatic heterocycles. The van der Waals surface area contributed by atoms with E-state index in [1.807, 2.05) is 61.5 Å². The number of hydrogen-bond donors (Lipinski definition) is 2. The molecule has 0 aliphatic carbocycles. The number of amides is 2. The number of benzene rings is 3. The first-order valence-corrected chi connectivity index (χ1v) is 15.6. The van der Waals surface area contributed by atoms with Gasteiger partial charge in [-0.05, 0) is 73.0 Å². The Balaban J connectivity index is 1.15. The molecule has 9 nitrogen and oxygen atoms in total. The van der Waals surface area contributed by atoms with Crippen LogP contribution in [0.2, 0.25) is 0 Å².